The van der Waals surface area contributed by atoms with Crippen LogP contribution in [0.15, 0.2) is 46.2 Å². The van der Waals surface area contributed by atoms with Crippen molar-refractivity contribution in [3.63, 3.8) is 0 Å². The number of carbonyl (C=O) groups is 2. The molecule has 37 heavy (non-hydrogen) atoms. The van der Waals surface area contributed by atoms with E-state index in [4.69, 9.17) is 9.47 Å². The number of rotatable bonds is 10. The van der Waals surface area contributed by atoms with Crippen LogP contribution in [0.4, 0.5) is 5.69 Å². The molecule has 198 valence electrons. The highest BCUT2D eigenvalue weighted by Crippen LogP contribution is 2.42. The monoisotopic (exact) mass is 540 g/mol. The third kappa shape index (κ3) is 7.05. The second kappa shape index (κ2) is 13.3. The normalized spacial score (nSPS) is 17.0. The molecule has 6 nitrogen and oxygen atoms in total. The van der Waals surface area contributed by atoms with E-state index in [0.717, 1.165) is 33.6 Å². The number of carbonyl (C=O) groups excluding carboxylic acids is 2. The van der Waals surface area contributed by atoms with Gasteiger partial charge in [-0.2, -0.15) is 11.8 Å². The molecule has 8 heteroatoms. The first kappa shape index (κ1) is 27.5. The number of thioether (sulfide) groups is 2. The summed E-state index contributed by atoms with van der Waals surface area (Å²) >= 11 is 3.47. The highest BCUT2D eigenvalue weighted by molar-refractivity contribution is 8.04. The predicted octanol–water partition coefficient (Wildman–Crippen LogP) is 6.39. The van der Waals surface area contributed by atoms with Crippen LogP contribution >= 0.6 is 23.5 Å². The van der Waals surface area contributed by atoms with Gasteiger partial charge in [0.05, 0.1) is 24.3 Å². The molecule has 2 aromatic carbocycles. The Labute approximate surface area is 228 Å². The molecule has 1 aliphatic carbocycles. The second-order valence-corrected chi connectivity index (χ2v) is 11.7. The third-order valence-corrected chi connectivity index (χ3v) is 9.16. The second-order valence-electron chi connectivity index (χ2n) is 9.24. The predicted molar refractivity (Wildman–Crippen MR) is 154 cm³/mol. The van der Waals surface area contributed by atoms with E-state index in [9.17, 15) is 9.59 Å². The lowest BCUT2D eigenvalue weighted by molar-refractivity contribution is -0.114. The van der Waals surface area contributed by atoms with E-state index in [1.165, 1.54) is 43.9 Å². The zero-order valence-electron chi connectivity index (χ0n) is 21.9. The van der Waals surface area contributed by atoms with Crippen LogP contribution in [0, 0.1) is 0 Å². The fourth-order valence-corrected chi connectivity index (χ4v) is 7.00. The summed E-state index contributed by atoms with van der Waals surface area (Å²) in [6, 6.07) is 11.2. The number of anilines is 1. The van der Waals surface area contributed by atoms with Gasteiger partial charge in [-0.3, -0.25) is 9.59 Å². The Kier molecular flexibility index (Phi) is 9.86. The number of amides is 2. The summed E-state index contributed by atoms with van der Waals surface area (Å²) in [4.78, 5) is 29.1. The van der Waals surface area contributed by atoms with Crippen molar-refractivity contribution in [1.82, 2.24) is 5.32 Å². The Morgan fingerprint density at radius 1 is 1.16 bits per heavy atom. The smallest absolute Gasteiger partial charge is 0.264 e. The van der Waals surface area contributed by atoms with Gasteiger partial charge in [-0.05, 0) is 73.9 Å². The zero-order valence-corrected chi connectivity index (χ0v) is 23.5. The Bertz CT molecular complexity index is 1140. The van der Waals surface area contributed by atoms with Crippen LogP contribution in [-0.4, -0.2) is 50.1 Å². The minimum Gasteiger partial charge on any atom is -0.493 e. The van der Waals surface area contributed by atoms with Gasteiger partial charge in [-0.15, -0.1) is 0 Å². The Morgan fingerprint density at radius 2 is 1.97 bits per heavy atom. The summed E-state index contributed by atoms with van der Waals surface area (Å²) in [5, 5.41) is 3.84. The van der Waals surface area contributed by atoms with Crippen molar-refractivity contribution in [1.29, 1.82) is 0 Å². The molecule has 2 amide bonds. The zero-order chi connectivity index (χ0) is 26.2. The van der Waals surface area contributed by atoms with Gasteiger partial charge in [-0.1, -0.05) is 37.1 Å². The van der Waals surface area contributed by atoms with Gasteiger partial charge in [0.1, 0.15) is 0 Å². The molecule has 0 spiro atoms. The lowest BCUT2D eigenvalue weighted by Gasteiger charge is -2.27. The molecular weight excluding hydrogens is 504 g/mol. The van der Waals surface area contributed by atoms with Crippen LogP contribution in [0.1, 0.15) is 61.4 Å². The average molecular weight is 541 g/mol. The van der Waals surface area contributed by atoms with Gasteiger partial charge in [-0.25, -0.2) is 0 Å². The van der Waals surface area contributed by atoms with Crippen molar-refractivity contribution in [2.75, 3.05) is 38.0 Å². The lowest BCUT2D eigenvalue weighted by Crippen LogP contribution is -2.31. The van der Waals surface area contributed by atoms with E-state index < -0.39 is 0 Å². The summed E-state index contributed by atoms with van der Waals surface area (Å²) in [7, 11) is 3.35. The van der Waals surface area contributed by atoms with Gasteiger partial charge >= 0.3 is 0 Å². The van der Waals surface area contributed by atoms with E-state index in [2.05, 4.69) is 17.1 Å². The fourth-order valence-electron chi connectivity index (χ4n) is 4.59. The summed E-state index contributed by atoms with van der Waals surface area (Å²) in [5.41, 5.74) is 2.17. The quantitative estimate of drug-likeness (QED) is 0.278. The van der Waals surface area contributed by atoms with Crippen molar-refractivity contribution < 1.29 is 19.1 Å². The summed E-state index contributed by atoms with van der Waals surface area (Å²) in [5.74, 6) is 2.17. The number of nitrogens with one attached hydrogen (secondary N) is 1. The highest BCUT2D eigenvalue weighted by Gasteiger charge is 2.27. The van der Waals surface area contributed by atoms with Gasteiger partial charge in [0, 0.05) is 29.3 Å². The third-order valence-electron chi connectivity index (χ3n) is 6.62. The molecule has 0 saturated heterocycles. The van der Waals surface area contributed by atoms with Crippen molar-refractivity contribution in [2.24, 2.45) is 0 Å². The number of hydrogen-bond acceptors (Lipinski definition) is 6. The Hall–Kier alpha value is -2.58. The van der Waals surface area contributed by atoms with Gasteiger partial charge in [0.15, 0.2) is 11.5 Å². The first-order chi connectivity index (χ1) is 18.0. The molecule has 2 aliphatic rings. The van der Waals surface area contributed by atoms with E-state index in [-0.39, 0.29) is 11.8 Å². The molecule has 1 fully saturated rings. The fraction of sp³-hybridized carbons (Fsp3) is 0.448. The molecule has 1 saturated carbocycles. The maximum absolute atomic E-state index is 13.1. The van der Waals surface area contributed by atoms with Crippen molar-refractivity contribution >= 4 is 47.1 Å². The maximum atomic E-state index is 13.1. The minimum absolute atomic E-state index is 0.0980. The van der Waals surface area contributed by atoms with E-state index in [0.29, 0.717) is 35.1 Å². The van der Waals surface area contributed by atoms with Gasteiger partial charge < -0.3 is 19.7 Å². The first-order valence-corrected chi connectivity index (χ1v) is 14.9. The topological polar surface area (TPSA) is 67.9 Å². The molecule has 0 unspecified atom stereocenters. The van der Waals surface area contributed by atoms with E-state index in [1.54, 1.807) is 19.1 Å². The molecule has 1 heterocycles. The number of nitrogens with zero attached hydrogens (tertiary/aromatic N) is 1. The molecule has 0 aromatic heterocycles. The van der Waals surface area contributed by atoms with Crippen molar-refractivity contribution in [2.45, 2.75) is 55.6 Å². The number of fused-ring (bicyclic) bond motifs is 1. The largest absolute Gasteiger partial charge is 0.493 e. The highest BCUT2D eigenvalue weighted by atomic mass is 32.2. The number of hydrogen-bond donors (Lipinski definition) is 1. The molecule has 0 atom stereocenters. The molecule has 1 N–H and O–H groups in total. The number of ether oxygens (including phenoxy) is 2. The summed E-state index contributed by atoms with van der Waals surface area (Å²) in [6.07, 6.45) is 9.59. The molecule has 1 aliphatic heterocycles. The molecule has 0 bridgehead atoms. The molecule has 0 radical (unpaired) electrons. The lowest BCUT2D eigenvalue weighted by atomic mass is 10.0. The summed E-state index contributed by atoms with van der Waals surface area (Å²) < 4.78 is 11.0. The minimum atomic E-state index is -0.109. The molecular formula is C29H36N2O4S2. The van der Waals surface area contributed by atoms with E-state index >= 15 is 0 Å². The Balaban J connectivity index is 1.37. The van der Waals surface area contributed by atoms with Gasteiger partial charge in [0.25, 0.3) is 11.8 Å². The SMILES string of the molecule is CCOc1ccc(/C=C2/Sc3ccc(C(=O)NCCCSC4CCCCC4)cc3N(C)C2=O)cc1OC. The average Bonchev–Trinajstić information content (AvgIpc) is 2.92. The van der Waals surface area contributed by atoms with Crippen LogP contribution in [0.2, 0.25) is 0 Å². The maximum Gasteiger partial charge on any atom is 0.264 e. The summed E-state index contributed by atoms with van der Waals surface area (Å²) in [6.45, 7) is 3.14. The van der Waals surface area contributed by atoms with Crippen LogP contribution < -0.4 is 19.7 Å². The van der Waals surface area contributed by atoms with Crippen LogP contribution in [0.3, 0.4) is 0 Å². The van der Waals surface area contributed by atoms with Crippen LogP contribution in [0.5, 0.6) is 11.5 Å². The van der Waals surface area contributed by atoms with Gasteiger partial charge in [0.2, 0.25) is 0 Å². The van der Waals surface area contributed by atoms with Crippen LogP contribution in [0.25, 0.3) is 6.08 Å². The number of methoxy groups -OCH3 is 1. The first-order valence-electron chi connectivity index (χ1n) is 13.0. The number of likely N-dealkylation sites (N-methyl/N-ethyl adjacent to an activating group) is 1. The molecule has 4 rings (SSSR count). The standard InChI is InChI=1S/C29H36N2O4S2/c1-4-35-24-13-11-20(17-25(24)34-3)18-27-29(33)31(2)23-19-21(12-14-26(23)37-27)28(32)30-15-8-16-36-22-9-6-5-7-10-22/h11-14,17-19,22H,4-10,15-16H2,1-3H3,(H,30,32)/b27-18+. The van der Waals surface area contributed by atoms with E-state index in [1.807, 2.05) is 49.4 Å². The Morgan fingerprint density at radius 3 is 2.73 bits per heavy atom. The number of benzene rings is 2. The van der Waals surface area contributed by atoms with Crippen LogP contribution in [-0.2, 0) is 4.79 Å². The molecule has 2 aromatic rings. The van der Waals surface area contributed by atoms with Crippen molar-refractivity contribution in [3.05, 3.63) is 52.4 Å². The van der Waals surface area contributed by atoms with Crippen molar-refractivity contribution in [3.8, 4) is 11.5 Å².